The summed E-state index contributed by atoms with van der Waals surface area (Å²) in [5, 5.41) is 15.8. The van der Waals surface area contributed by atoms with Gasteiger partial charge in [0.15, 0.2) is 0 Å². The van der Waals surface area contributed by atoms with Crippen LogP contribution >= 0.6 is 0 Å². The fourth-order valence-electron chi connectivity index (χ4n) is 1.48. The summed E-state index contributed by atoms with van der Waals surface area (Å²) in [6.45, 7) is 7.25. The summed E-state index contributed by atoms with van der Waals surface area (Å²) in [6.07, 6.45) is 0.193. The predicted molar refractivity (Wildman–Crippen MR) is 69.9 cm³/mol. The molecule has 0 aromatic carbocycles. The van der Waals surface area contributed by atoms with E-state index in [1.165, 1.54) is 0 Å². The molecule has 0 aliphatic heterocycles. The van der Waals surface area contributed by atoms with Crippen molar-refractivity contribution in [2.75, 3.05) is 27.2 Å². The summed E-state index contributed by atoms with van der Waals surface area (Å²) >= 11 is 0. The number of rotatable bonds is 8. The minimum Gasteiger partial charge on any atom is -0.390 e. The maximum absolute atomic E-state index is 11.7. The number of hydrogen-bond donors (Lipinski definition) is 3. The molecule has 0 fully saturated rings. The molecule has 0 saturated heterocycles. The van der Waals surface area contributed by atoms with Crippen LogP contribution < -0.4 is 10.6 Å². The number of aliphatic hydroxyl groups is 1. The molecule has 0 saturated carbocycles. The van der Waals surface area contributed by atoms with Crippen LogP contribution in [0.2, 0.25) is 0 Å². The first-order valence-electron chi connectivity index (χ1n) is 6.30. The standard InChI is InChI=1S/C12H27N3O2.V/c1-6-10(11(16)8-15(5)7-2)14-12(17)9(3)13-4;/h9-11,13,16H,6-8H2,1-5H3,(H,14,17);/t9?,10?,11-;/m0./s1. The Labute approximate surface area is 123 Å². The second-order valence-corrected chi connectivity index (χ2v) is 4.46. The smallest absolute Gasteiger partial charge is 0.237 e. The van der Waals surface area contributed by atoms with Gasteiger partial charge in [-0.25, -0.2) is 0 Å². The molecule has 0 heterocycles. The van der Waals surface area contributed by atoms with E-state index in [0.29, 0.717) is 6.54 Å². The van der Waals surface area contributed by atoms with Gasteiger partial charge in [0.2, 0.25) is 5.91 Å². The molecule has 0 spiro atoms. The van der Waals surface area contributed by atoms with Crippen molar-refractivity contribution >= 4 is 5.91 Å². The number of nitrogens with zero attached hydrogens (tertiary/aromatic N) is 1. The van der Waals surface area contributed by atoms with Gasteiger partial charge in [0, 0.05) is 25.1 Å². The van der Waals surface area contributed by atoms with Crippen molar-refractivity contribution < 1.29 is 28.5 Å². The van der Waals surface area contributed by atoms with Crippen LogP contribution in [0.3, 0.4) is 0 Å². The minimum absolute atomic E-state index is 0. The normalized spacial score (nSPS) is 15.7. The summed E-state index contributed by atoms with van der Waals surface area (Å²) < 4.78 is 0. The summed E-state index contributed by atoms with van der Waals surface area (Å²) in [5.41, 5.74) is 0. The van der Waals surface area contributed by atoms with Crippen molar-refractivity contribution in [3.63, 3.8) is 0 Å². The molecule has 1 radical (unpaired) electrons. The average molecular weight is 296 g/mol. The third-order valence-electron chi connectivity index (χ3n) is 3.10. The van der Waals surface area contributed by atoms with E-state index in [0.717, 1.165) is 13.0 Å². The van der Waals surface area contributed by atoms with E-state index < -0.39 is 6.10 Å². The molecule has 0 aromatic rings. The minimum atomic E-state index is -0.530. The van der Waals surface area contributed by atoms with Crippen molar-refractivity contribution in [3.8, 4) is 0 Å². The van der Waals surface area contributed by atoms with E-state index in [2.05, 4.69) is 10.6 Å². The number of likely N-dealkylation sites (N-methyl/N-ethyl adjacent to an activating group) is 2. The van der Waals surface area contributed by atoms with E-state index in [4.69, 9.17) is 0 Å². The molecule has 107 valence electrons. The molecule has 0 aliphatic rings. The van der Waals surface area contributed by atoms with Crippen molar-refractivity contribution in [2.45, 2.75) is 45.4 Å². The Morgan fingerprint density at radius 2 is 1.94 bits per heavy atom. The topological polar surface area (TPSA) is 64.6 Å². The van der Waals surface area contributed by atoms with Crippen LogP contribution in [0.4, 0.5) is 0 Å². The van der Waals surface area contributed by atoms with Crippen LogP contribution in [0.1, 0.15) is 27.2 Å². The number of nitrogens with one attached hydrogen (secondary N) is 2. The fourth-order valence-corrected chi connectivity index (χ4v) is 1.48. The van der Waals surface area contributed by atoms with E-state index in [-0.39, 0.29) is 36.5 Å². The van der Waals surface area contributed by atoms with Crippen LogP contribution in [0.15, 0.2) is 0 Å². The molecular weight excluding hydrogens is 269 g/mol. The zero-order valence-corrected chi connectivity index (χ0v) is 13.5. The molecule has 0 aromatic heterocycles. The summed E-state index contributed by atoms with van der Waals surface area (Å²) in [5.74, 6) is -0.0717. The van der Waals surface area contributed by atoms with Gasteiger partial charge in [-0.05, 0) is 34.0 Å². The Kier molecular flexibility index (Phi) is 12.2. The van der Waals surface area contributed by atoms with Crippen molar-refractivity contribution in [1.29, 1.82) is 0 Å². The van der Waals surface area contributed by atoms with Gasteiger partial charge in [-0.2, -0.15) is 0 Å². The van der Waals surface area contributed by atoms with E-state index in [1.807, 2.05) is 25.8 Å². The van der Waals surface area contributed by atoms with Gasteiger partial charge in [0.1, 0.15) is 0 Å². The van der Waals surface area contributed by atoms with Gasteiger partial charge in [-0.15, -0.1) is 0 Å². The molecule has 3 N–H and O–H groups in total. The first kappa shape index (κ1) is 20.3. The average Bonchev–Trinajstić information content (AvgIpc) is 2.33. The maximum atomic E-state index is 11.7. The molecule has 0 bridgehead atoms. The Hall–Kier alpha value is -0.0656. The molecule has 3 atom stereocenters. The first-order chi connectivity index (χ1) is 7.96. The summed E-state index contributed by atoms with van der Waals surface area (Å²) in [4.78, 5) is 13.7. The van der Waals surface area contributed by atoms with Crippen LogP contribution in [-0.2, 0) is 23.4 Å². The van der Waals surface area contributed by atoms with Gasteiger partial charge in [-0.1, -0.05) is 13.8 Å². The molecular formula is C12H27N3O2V. The van der Waals surface area contributed by atoms with Crippen LogP contribution in [-0.4, -0.2) is 61.3 Å². The molecule has 0 rings (SSSR count). The van der Waals surface area contributed by atoms with E-state index in [9.17, 15) is 9.90 Å². The quantitative estimate of drug-likeness (QED) is 0.580. The van der Waals surface area contributed by atoms with E-state index >= 15 is 0 Å². The summed E-state index contributed by atoms with van der Waals surface area (Å²) in [7, 11) is 3.69. The van der Waals surface area contributed by atoms with Gasteiger partial charge < -0.3 is 20.6 Å². The number of carbonyl (C=O) groups is 1. The van der Waals surface area contributed by atoms with Gasteiger partial charge in [-0.3, -0.25) is 4.79 Å². The zero-order valence-electron chi connectivity index (χ0n) is 12.1. The third-order valence-corrected chi connectivity index (χ3v) is 3.10. The number of amides is 1. The van der Waals surface area contributed by atoms with Crippen molar-refractivity contribution in [3.05, 3.63) is 0 Å². The molecule has 2 unspecified atom stereocenters. The van der Waals surface area contributed by atoms with E-state index in [1.54, 1.807) is 14.0 Å². The zero-order chi connectivity index (χ0) is 13.4. The van der Waals surface area contributed by atoms with Gasteiger partial charge in [0.25, 0.3) is 0 Å². The first-order valence-corrected chi connectivity index (χ1v) is 6.30. The third kappa shape index (κ3) is 7.39. The van der Waals surface area contributed by atoms with Crippen molar-refractivity contribution in [2.24, 2.45) is 0 Å². The molecule has 18 heavy (non-hydrogen) atoms. The van der Waals surface area contributed by atoms with Crippen LogP contribution in [0, 0.1) is 0 Å². The molecule has 6 heteroatoms. The van der Waals surface area contributed by atoms with Gasteiger partial charge >= 0.3 is 0 Å². The monoisotopic (exact) mass is 296 g/mol. The number of aliphatic hydroxyl groups excluding tert-OH is 1. The van der Waals surface area contributed by atoms with Crippen LogP contribution in [0.25, 0.3) is 0 Å². The Morgan fingerprint density at radius 3 is 2.33 bits per heavy atom. The largest absolute Gasteiger partial charge is 0.390 e. The molecule has 0 aliphatic carbocycles. The second-order valence-electron chi connectivity index (χ2n) is 4.46. The van der Waals surface area contributed by atoms with Crippen LogP contribution in [0.5, 0.6) is 0 Å². The maximum Gasteiger partial charge on any atom is 0.237 e. The summed E-state index contributed by atoms with van der Waals surface area (Å²) in [6, 6.07) is -0.424. The fraction of sp³-hybridized carbons (Fsp3) is 0.917. The SMILES string of the molecule is CCC(NC(=O)C(C)NC)[C@@H](O)CN(C)CC.[V]. The molecule has 1 amide bonds. The molecule has 5 nitrogen and oxygen atoms in total. The second kappa shape index (κ2) is 10.8. The Bertz CT molecular complexity index is 229. The number of carbonyl (C=O) groups excluding carboxylic acids is 1. The Morgan fingerprint density at radius 1 is 1.39 bits per heavy atom. The Balaban J connectivity index is 0. The predicted octanol–water partition coefficient (Wildman–Crippen LogP) is -0.201. The number of hydrogen-bond acceptors (Lipinski definition) is 4. The van der Waals surface area contributed by atoms with Crippen molar-refractivity contribution in [1.82, 2.24) is 15.5 Å². The van der Waals surface area contributed by atoms with Gasteiger partial charge in [0.05, 0.1) is 18.2 Å².